The fourth-order valence-electron chi connectivity index (χ4n) is 2.06. The Kier molecular flexibility index (Phi) is 4.63. The van der Waals surface area contributed by atoms with Gasteiger partial charge in [-0.2, -0.15) is 0 Å². The van der Waals surface area contributed by atoms with Gasteiger partial charge in [0.15, 0.2) is 5.13 Å². The summed E-state index contributed by atoms with van der Waals surface area (Å²) in [6, 6.07) is 11.2. The van der Waals surface area contributed by atoms with Crippen LogP contribution in [0.3, 0.4) is 0 Å². The first-order valence-corrected chi connectivity index (χ1v) is 7.91. The zero-order valence-electron chi connectivity index (χ0n) is 12.5. The molecule has 0 atom stereocenters. The number of nitrogens with one attached hydrogen (secondary N) is 1. The number of hydrogen-bond donors (Lipinski definition) is 1. The van der Waals surface area contributed by atoms with Crippen molar-refractivity contribution in [1.29, 1.82) is 0 Å². The average molecular weight is 325 g/mol. The van der Waals surface area contributed by atoms with Crippen LogP contribution in [0, 0.1) is 0 Å². The monoisotopic (exact) mass is 325 g/mol. The molecule has 0 aliphatic carbocycles. The van der Waals surface area contributed by atoms with E-state index in [4.69, 9.17) is 0 Å². The molecular weight excluding hydrogens is 310 g/mol. The Morgan fingerprint density at radius 2 is 2.09 bits per heavy atom. The molecule has 0 radical (unpaired) electrons. The summed E-state index contributed by atoms with van der Waals surface area (Å²) < 4.78 is 4.68. The van der Waals surface area contributed by atoms with Crippen LogP contribution in [0.15, 0.2) is 54.2 Å². The van der Waals surface area contributed by atoms with Crippen molar-refractivity contribution in [2.24, 2.45) is 0 Å². The van der Waals surface area contributed by atoms with E-state index in [0.29, 0.717) is 12.1 Å². The summed E-state index contributed by atoms with van der Waals surface area (Å²) in [6.45, 7) is 0.640. The molecule has 2 aromatic heterocycles. The fourth-order valence-corrected chi connectivity index (χ4v) is 2.77. The average Bonchev–Trinajstić information content (AvgIpc) is 3.09. The first-order valence-electron chi connectivity index (χ1n) is 7.03. The second kappa shape index (κ2) is 7.02. The number of anilines is 1. The van der Waals surface area contributed by atoms with Crippen LogP contribution in [0.5, 0.6) is 0 Å². The molecule has 0 amide bonds. The summed E-state index contributed by atoms with van der Waals surface area (Å²) in [6.07, 6.45) is 3.54. The van der Waals surface area contributed by atoms with Crippen LogP contribution in [0.25, 0.3) is 11.3 Å². The third-order valence-electron chi connectivity index (χ3n) is 3.28. The molecule has 0 unspecified atom stereocenters. The predicted octanol–water partition coefficient (Wildman–Crippen LogP) is 3.60. The van der Waals surface area contributed by atoms with Gasteiger partial charge in [-0.1, -0.05) is 12.1 Å². The Morgan fingerprint density at radius 1 is 1.26 bits per heavy atom. The van der Waals surface area contributed by atoms with E-state index < -0.39 is 0 Å². The summed E-state index contributed by atoms with van der Waals surface area (Å²) in [5.41, 5.74) is 3.52. The van der Waals surface area contributed by atoms with Crippen molar-refractivity contribution >= 4 is 22.4 Å². The van der Waals surface area contributed by atoms with Crippen molar-refractivity contribution < 1.29 is 9.53 Å². The number of ether oxygens (including phenoxy) is 1. The molecule has 6 heteroatoms. The number of methoxy groups -OCH3 is 1. The SMILES string of the molecule is COC(=O)c1ccc(CNc2nc(-c3cccnc3)cs2)cc1. The van der Waals surface area contributed by atoms with Crippen LogP contribution in [-0.2, 0) is 11.3 Å². The second-order valence-electron chi connectivity index (χ2n) is 4.82. The summed E-state index contributed by atoms with van der Waals surface area (Å²) in [7, 11) is 1.38. The number of carbonyl (C=O) groups is 1. The number of benzene rings is 1. The van der Waals surface area contributed by atoms with Gasteiger partial charge in [-0.15, -0.1) is 11.3 Å². The Hall–Kier alpha value is -2.73. The van der Waals surface area contributed by atoms with Crippen molar-refractivity contribution in [2.75, 3.05) is 12.4 Å². The van der Waals surface area contributed by atoms with Crippen molar-refractivity contribution in [2.45, 2.75) is 6.54 Å². The van der Waals surface area contributed by atoms with E-state index in [9.17, 15) is 4.79 Å². The molecule has 1 aromatic carbocycles. The van der Waals surface area contributed by atoms with E-state index in [-0.39, 0.29) is 5.97 Å². The van der Waals surface area contributed by atoms with Crippen LogP contribution >= 0.6 is 11.3 Å². The minimum atomic E-state index is -0.328. The Labute approximate surface area is 138 Å². The Bertz CT molecular complexity index is 785. The maximum absolute atomic E-state index is 11.4. The van der Waals surface area contributed by atoms with Crippen LogP contribution in [0.4, 0.5) is 5.13 Å². The summed E-state index contributed by atoms with van der Waals surface area (Å²) >= 11 is 1.55. The van der Waals surface area contributed by atoms with Gasteiger partial charge in [0.25, 0.3) is 0 Å². The number of pyridine rings is 1. The molecule has 5 nitrogen and oxygen atoms in total. The van der Waals surface area contributed by atoms with Crippen molar-refractivity contribution in [1.82, 2.24) is 9.97 Å². The highest BCUT2D eigenvalue weighted by molar-refractivity contribution is 7.14. The molecule has 0 spiro atoms. The minimum absolute atomic E-state index is 0.328. The highest BCUT2D eigenvalue weighted by Crippen LogP contribution is 2.24. The highest BCUT2D eigenvalue weighted by atomic mass is 32.1. The van der Waals surface area contributed by atoms with Gasteiger partial charge in [-0.3, -0.25) is 4.98 Å². The van der Waals surface area contributed by atoms with E-state index >= 15 is 0 Å². The van der Waals surface area contributed by atoms with Gasteiger partial charge < -0.3 is 10.1 Å². The maximum atomic E-state index is 11.4. The van der Waals surface area contributed by atoms with E-state index in [0.717, 1.165) is 22.0 Å². The van der Waals surface area contributed by atoms with Crippen LogP contribution < -0.4 is 5.32 Å². The molecule has 0 fully saturated rings. The van der Waals surface area contributed by atoms with Crippen LogP contribution in [0.1, 0.15) is 15.9 Å². The lowest BCUT2D eigenvalue weighted by Gasteiger charge is -2.04. The number of aromatic nitrogens is 2. The topological polar surface area (TPSA) is 64.1 Å². The molecule has 3 rings (SSSR count). The predicted molar refractivity (Wildman–Crippen MR) is 90.5 cm³/mol. The molecule has 0 aliphatic heterocycles. The molecule has 1 N–H and O–H groups in total. The summed E-state index contributed by atoms with van der Waals surface area (Å²) in [5, 5.41) is 6.13. The molecule has 3 aromatic rings. The number of esters is 1. The summed E-state index contributed by atoms with van der Waals surface area (Å²) in [5.74, 6) is -0.328. The number of nitrogens with zero attached hydrogens (tertiary/aromatic N) is 2. The second-order valence-corrected chi connectivity index (χ2v) is 5.68. The number of rotatable bonds is 5. The number of carbonyl (C=O) groups excluding carboxylic acids is 1. The van der Waals surface area contributed by atoms with Crippen LogP contribution in [-0.4, -0.2) is 23.0 Å². The van der Waals surface area contributed by atoms with Gasteiger partial charge in [0, 0.05) is 29.9 Å². The first kappa shape index (κ1) is 15.2. The molecule has 0 saturated heterocycles. The van der Waals surface area contributed by atoms with E-state index in [1.54, 1.807) is 35.9 Å². The minimum Gasteiger partial charge on any atom is -0.465 e. The quantitative estimate of drug-likeness (QED) is 0.726. The third-order valence-corrected chi connectivity index (χ3v) is 4.08. The van der Waals surface area contributed by atoms with Gasteiger partial charge in [0.05, 0.1) is 18.4 Å². The summed E-state index contributed by atoms with van der Waals surface area (Å²) in [4.78, 5) is 20.0. The molecule has 0 bridgehead atoms. The lowest BCUT2D eigenvalue weighted by Crippen LogP contribution is -2.03. The fraction of sp³-hybridized carbons (Fsp3) is 0.118. The Balaban J connectivity index is 1.63. The normalized spacial score (nSPS) is 10.3. The van der Waals surface area contributed by atoms with Crippen molar-refractivity contribution in [3.63, 3.8) is 0 Å². The van der Waals surface area contributed by atoms with E-state index in [1.807, 2.05) is 29.6 Å². The van der Waals surface area contributed by atoms with Gasteiger partial charge in [-0.05, 0) is 29.8 Å². The number of hydrogen-bond acceptors (Lipinski definition) is 6. The van der Waals surface area contributed by atoms with Crippen molar-refractivity contribution in [3.05, 3.63) is 65.3 Å². The van der Waals surface area contributed by atoms with E-state index in [2.05, 4.69) is 20.0 Å². The lowest BCUT2D eigenvalue weighted by molar-refractivity contribution is 0.0600. The standard InChI is InChI=1S/C17H15N3O2S/c1-22-16(21)13-6-4-12(5-7-13)9-19-17-20-15(11-23-17)14-3-2-8-18-10-14/h2-8,10-11H,9H2,1H3,(H,19,20). The van der Waals surface area contributed by atoms with Gasteiger partial charge in [-0.25, -0.2) is 9.78 Å². The molecule has 23 heavy (non-hydrogen) atoms. The largest absolute Gasteiger partial charge is 0.465 e. The molecule has 2 heterocycles. The van der Waals surface area contributed by atoms with Gasteiger partial charge >= 0.3 is 5.97 Å². The highest BCUT2D eigenvalue weighted by Gasteiger charge is 2.06. The van der Waals surface area contributed by atoms with Gasteiger partial charge in [0.1, 0.15) is 0 Å². The first-order chi connectivity index (χ1) is 11.3. The third kappa shape index (κ3) is 3.73. The smallest absolute Gasteiger partial charge is 0.337 e. The zero-order chi connectivity index (χ0) is 16.1. The number of thiazole rings is 1. The Morgan fingerprint density at radius 3 is 2.78 bits per heavy atom. The molecular formula is C17H15N3O2S. The maximum Gasteiger partial charge on any atom is 0.337 e. The van der Waals surface area contributed by atoms with Crippen molar-refractivity contribution in [3.8, 4) is 11.3 Å². The lowest BCUT2D eigenvalue weighted by atomic mass is 10.1. The molecule has 116 valence electrons. The van der Waals surface area contributed by atoms with Gasteiger partial charge in [0.2, 0.25) is 0 Å². The zero-order valence-corrected chi connectivity index (χ0v) is 13.3. The van der Waals surface area contributed by atoms with E-state index in [1.165, 1.54) is 7.11 Å². The van der Waals surface area contributed by atoms with Crippen LogP contribution in [0.2, 0.25) is 0 Å². The molecule has 0 saturated carbocycles. The molecule has 0 aliphatic rings.